The van der Waals surface area contributed by atoms with Crippen LogP contribution in [0.5, 0.6) is 0 Å². The van der Waals surface area contributed by atoms with Crippen LogP contribution in [0.1, 0.15) is 79.6 Å². The fourth-order valence-electron chi connectivity index (χ4n) is 8.51. The molecule has 0 radical (unpaired) electrons. The van der Waals surface area contributed by atoms with Crippen LogP contribution in [0.15, 0.2) is 0 Å². The summed E-state index contributed by atoms with van der Waals surface area (Å²) >= 11 is 0. The molecule has 87 heavy (non-hydrogen) atoms. The van der Waals surface area contributed by atoms with Crippen molar-refractivity contribution in [2.24, 2.45) is 11.7 Å². The smallest absolute Gasteiger partial charge is 0.326 e. The van der Waals surface area contributed by atoms with Gasteiger partial charge in [-0.25, -0.2) is 4.79 Å². The summed E-state index contributed by atoms with van der Waals surface area (Å²) in [6, 6.07) is -11.7. The third-order valence-corrected chi connectivity index (χ3v) is 13.3. The van der Waals surface area contributed by atoms with Crippen LogP contribution in [0.4, 0.5) is 0 Å². The van der Waals surface area contributed by atoms with E-state index in [-0.39, 0.29) is 123 Å². The summed E-state index contributed by atoms with van der Waals surface area (Å²) in [7, 11) is 0. The van der Waals surface area contributed by atoms with Crippen LogP contribution in [0.3, 0.4) is 0 Å². The SMILES string of the molecule is CC(NC(=O)C(CO)NC(=O)C(NC(=O)C(CCCNC(=N)N)NC(=O)C(NC(=O)C(NC(=O)CCCCCNC(=O)CN1CCN(CC(=O)O)CCN(CC(=O)O)CCN(CC(=O)O)CC1)[C@H](C)O)C(C)C)[C@H](C)O)C(=O)NC(CC(=O)O)C(=O)O. The molecule has 1 fully saturated rings. The van der Waals surface area contributed by atoms with E-state index in [1.54, 1.807) is 19.6 Å². The Kier molecular flexibility index (Phi) is 35.9. The average molecular weight is 1250 g/mol. The van der Waals surface area contributed by atoms with E-state index in [0.29, 0.717) is 12.8 Å². The zero-order valence-corrected chi connectivity index (χ0v) is 49.6. The van der Waals surface area contributed by atoms with Crippen LogP contribution in [0.25, 0.3) is 0 Å². The Balaban J connectivity index is 3.01. The van der Waals surface area contributed by atoms with E-state index < -0.39 is 151 Å². The number of nitrogens with zero attached hydrogens (tertiary/aromatic N) is 4. The van der Waals surface area contributed by atoms with Crippen molar-refractivity contribution >= 4 is 83.1 Å². The van der Waals surface area contributed by atoms with Gasteiger partial charge < -0.3 is 94.4 Å². The molecule has 20 N–H and O–H groups in total. The van der Waals surface area contributed by atoms with E-state index >= 15 is 0 Å². The number of amides is 8. The number of nitrogens with two attached hydrogens (primary N) is 1. The number of rotatable bonds is 38. The van der Waals surface area contributed by atoms with Gasteiger partial charge in [-0.05, 0) is 52.4 Å². The Hall–Kier alpha value is -7.90. The number of aliphatic hydroxyl groups excluding tert-OH is 3. The molecular weight excluding hydrogens is 1160 g/mol. The first kappa shape index (κ1) is 77.1. The number of hydrogen-bond acceptors (Lipinski definition) is 21. The second-order valence-electron chi connectivity index (χ2n) is 21.2. The van der Waals surface area contributed by atoms with E-state index in [1.165, 1.54) is 20.8 Å². The molecule has 0 aromatic rings. The molecule has 0 saturated carbocycles. The molecular formula is C51H89N15O21. The third kappa shape index (κ3) is 32.4. The number of guanidine groups is 1. The van der Waals surface area contributed by atoms with Crippen molar-refractivity contribution in [3.05, 3.63) is 0 Å². The Bertz CT molecular complexity index is 2320. The van der Waals surface area contributed by atoms with Crippen molar-refractivity contribution in [1.29, 1.82) is 5.41 Å². The largest absolute Gasteiger partial charge is 0.481 e. The number of aliphatic hydroxyl groups is 3. The Labute approximate surface area is 501 Å². The fraction of sp³-hybridized carbons (Fsp3) is 0.725. The molecule has 0 aliphatic carbocycles. The topological polar surface area (TPSA) is 555 Å². The van der Waals surface area contributed by atoms with E-state index in [0.717, 1.165) is 13.8 Å². The highest BCUT2D eigenvalue weighted by atomic mass is 16.4. The lowest BCUT2D eigenvalue weighted by molar-refractivity contribution is -0.147. The number of carboxylic acids is 5. The molecule has 36 nitrogen and oxygen atoms in total. The summed E-state index contributed by atoms with van der Waals surface area (Å²) in [5.41, 5.74) is 5.38. The second kappa shape index (κ2) is 40.5. The van der Waals surface area contributed by atoms with Gasteiger partial charge in [0.1, 0.15) is 42.3 Å². The van der Waals surface area contributed by atoms with E-state index in [1.807, 2.05) is 5.32 Å². The maximum absolute atomic E-state index is 13.9. The number of nitrogens with one attached hydrogen (secondary N) is 10. The Morgan fingerprint density at radius 3 is 1.30 bits per heavy atom. The molecule has 0 bridgehead atoms. The summed E-state index contributed by atoms with van der Waals surface area (Å²) < 4.78 is 0. The summed E-state index contributed by atoms with van der Waals surface area (Å²) in [6.45, 7) is 6.23. The molecule has 8 amide bonds. The van der Waals surface area contributed by atoms with Crippen LogP contribution >= 0.6 is 0 Å². The molecule has 0 aromatic carbocycles. The third-order valence-electron chi connectivity index (χ3n) is 13.3. The molecule has 36 heteroatoms. The van der Waals surface area contributed by atoms with Gasteiger partial charge in [-0.3, -0.25) is 82.5 Å². The van der Waals surface area contributed by atoms with Gasteiger partial charge in [-0.1, -0.05) is 20.3 Å². The molecule has 1 aliphatic heterocycles. The minimum Gasteiger partial charge on any atom is -0.481 e. The van der Waals surface area contributed by atoms with Crippen LogP contribution in [-0.2, 0) is 62.3 Å². The Morgan fingerprint density at radius 2 is 0.862 bits per heavy atom. The minimum atomic E-state index is -1.89. The number of carbonyl (C=O) groups excluding carboxylic acids is 8. The number of unbranched alkanes of at least 4 members (excludes halogenated alkanes) is 2. The van der Waals surface area contributed by atoms with Crippen molar-refractivity contribution in [3.63, 3.8) is 0 Å². The zero-order chi connectivity index (χ0) is 66.1. The lowest BCUT2D eigenvalue weighted by Gasteiger charge is -2.32. The van der Waals surface area contributed by atoms with Crippen molar-refractivity contribution in [3.8, 4) is 0 Å². The highest BCUT2D eigenvalue weighted by molar-refractivity contribution is 5.98. The fourth-order valence-corrected chi connectivity index (χ4v) is 8.51. The van der Waals surface area contributed by atoms with Crippen molar-refractivity contribution in [1.82, 2.24) is 67.5 Å². The molecule has 0 spiro atoms. The van der Waals surface area contributed by atoms with E-state index in [9.17, 15) is 98.1 Å². The average Bonchev–Trinajstić information content (AvgIpc) is 3.08. The number of carbonyl (C=O) groups is 13. The van der Waals surface area contributed by atoms with Crippen molar-refractivity contribution < 1.29 is 103 Å². The summed E-state index contributed by atoms with van der Waals surface area (Å²) in [6.07, 6.45) is -3.39. The maximum atomic E-state index is 13.9. The van der Waals surface area contributed by atoms with Gasteiger partial charge in [-0.15, -0.1) is 0 Å². The molecule has 7 unspecified atom stereocenters. The van der Waals surface area contributed by atoms with E-state index in [4.69, 9.17) is 16.2 Å². The predicted octanol–water partition coefficient (Wildman–Crippen LogP) is -8.22. The number of aliphatic carboxylic acids is 5. The van der Waals surface area contributed by atoms with Gasteiger partial charge in [-0.2, -0.15) is 0 Å². The highest BCUT2D eigenvalue weighted by Crippen LogP contribution is 2.10. The van der Waals surface area contributed by atoms with Crippen LogP contribution in [0, 0.1) is 11.3 Å². The standard InChI is InChI=1S/C51H89N15O21/c1-28(2)41(47(83)57-32(10-9-13-55-51(52)53)45(81)62-43(31(5)69)48(84)59-34(27-67)46(82)56-29(3)44(80)58-33(50(86)87)22-37(72)73)61-49(85)42(30(4)68)60-35(70)11-7-6-8-12-54-36(71)23-63-14-16-64(24-38(74)75)18-20-66(26-40(78)79)21-19-65(17-15-63)25-39(76)77/h28-34,41-43,67-69H,6-27H2,1-5H3,(H,54,71)(H,56,82)(H,57,83)(H,58,80)(H,59,84)(H,60,70)(H,61,85)(H,62,81)(H,72,73)(H,74,75)(H,76,77)(H,78,79)(H,86,87)(H4,52,53,55)/t29?,30-,31-,32?,33?,34?,41?,42?,43?/m0/s1. The normalized spacial score (nSPS) is 17.0. The first-order valence-corrected chi connectivity index (χ1v) is 28.2. The monoisotopic (exact) mass is 1250 g/mol. The summed E-state index contributed by atoms with van der Waals surface area (Å²) in [4.78, 5) is 171. The van der Waals surface area contributed by atoms with Crippen LogP contribution < -0.4 is 53.6 Å². The van der Waals surface area contributed by atoms with E-state index in [2.05, 4.69) is 42.5 Å². The molecule has 1 rings (SSSR count). The first-order chi connectivity index (χ1) is 40.7. The van der Waals surface area contributed by atoms with Crippen LogP contribution in [0.2, 0.25) is 0 Å². The van der Waals surface area contributed by atoms with Gasteiger partial charge >= 0.3 is 29.8 Å². The van der Waals surface area contributed by atoms with Gasteiger partial charge in [0.25, 0.3) is 0 Å². The number of carboxylic acid groups (broad SMARTS) is 5. The van der Waals surface area contributed by atoms with Crippen LogP contribution in [-0.4, -0.2) is 296 Å². The van der Waals surface area contributed by atoms with Gasteiger partial charge in [0.05, 0.1) is 51.4 Å². The highest BCUT2D eigenvalue weighted by Gasteiger charge is 2.36. The maximum Gasteiger partial charge on any atom is 0.326 e. The molecule has 1 saturated heterocycles. The minimum absolute atomic E-state index is 0.00506. The summed E-state index contributed by atoms with van der Waals surface area (Å²) in [5.74, 6) is -15.3. The molecule has 9 atom stereocenters. The zero-order valence-electron chi connectivity index (χ0n) is 49.6. The van der Waals surface area contributed by atoms with Gasteiger partial charge in [0, 0.05) is 71.9 Å². The lowest BCUT2D eigenvalue weighted by atomic mass is 10.0. The number of hydrogen-bond donors (Lipinski definition) is 19. The molecule has 1 heterocycles. The second-order valence-corrected chi connectivity index (χ2v) is 21.2. The van der Waals surface area contributed by atoms with Gasteiger partial charge in [0.15, 0.2) is 5.96 Å². The first-order valence-electron chi connectivity index (χ1n) is 28.2. The molecule has 494 valence electrons. The quantitative estimate of drug-likeness (QED) is 0.0155. The Morgan fingerprint density at radius 1 is 0.448 bits per heavy atom. The summed E-state index contributed by atoms with van der Waals surface area (Å²) in [5, 5.41) is 106. The molecule has 0 aromatic heterocycles. The van der Waals surface area contributed by atoms with Gasteiger partial charge in [0.2, 0.25) is 47.3 Å². The lowest BCUT2D eigenvalue weighted by Crippen LogP contribution is -2.62. The molecule has 1 aliphatic rings. The predicted molar refractivity (Wildman–Crippen MR) is 304 cm³/mol. The van der Waals surface area contributed by atoms with Crippen molar-refractivity contribution in [2.75, 3.05) is 98.2 Å². The van der Waals surface area contributed by atoms with Crippen molar-refractivity contribution in [2.45, 2.75) is 134 Å².